The molecule has 0 saturated heterocycles. The number of hydrogen-bond donors (Lipinski definition) is 2. The van der Waals surface area contributed by atoms with Crippen molar-refractivity contribution in [1.82, 2.24) is 4.98 Å². The molecule has 0 spiro atoms. The predicted octanol–water partition coefficient (Wildman–Crippen LogP) is 1.03. The molecule has 1 aromatic rings. The molecule has 0 aromatic carbocycles. The molecule has 0 saturated carbocycles. The molecule has 0 fully saturated rings. The van der Waals surface area contributed by atoms with Crippen LogP contribution in [0.3, 0.4) is 0 Å². The van der Waals surface area contributed by atoms with Crippen LogP contribution in [0.5, 0.6) is 0 Å². The Kier molecular flexibility index (Phi) is 3.67. The summed E-state index contributed by atoms with van der Waals surface area (Å²) in [5, 5.41) is 21.0. The number of rotatable bonds is 5. The molecule has 8 heteroatoms. The Morgan fingerprint density at radius 1 is 1.62 bits per heavy atom. The minimum absolute atomic E-state index is 0.0619. The summed E-state index contributed by atoms with van der Waals surface area (Å²) in [5.74, 6) is -3.32. The van der Waals surface area contributed by atoms with Crippen LogP contribution >= 0.6 is 0 Å². The molecule has 1 heterocycles. The highest BCUT2D eigenvalue weighted by molar-refractivity contribution is 5.59. The number of nitro groups is 1. The summed E-state index contributed by atoms with van der Waals surface area (Å²) in [6.45, 7) is -2.20. The number of aliphatic hydroxyl groups excluding tert-OH is 1. The molecule has 2 N–H and O–H groups in total. The Balaban J connectivity index is 2.78. The summed E-state index contributed by atoms with van der Waals surface area (Å²) >= 11 is 0. The minimum Gasteiger partial charge on any atom is -0.390 e. The van der Waals surface area contributed by atoms with Crippen LogP contribution in [0, 0.1) is 10.1 Å². The summed E-state index contributed by atoms with van der Waals surface area (Å²) in [6, 6.07) is 1.21. The zero-order valence-corrected chi connectivity index (χ0v) is 8.06. The van der Waals surface area contributed by atoms with Gasteiger partial charge in [0.15, 0.2) is 0 Å². The first-order chi connectivity index (χ1) is 7.46. The van der Waals surface area contributed by atoms with Crippen LogP contribution in [-0.4, -0.2) is 34.1 Å². The summed E-state index contributed by atoms with van der Waals surface area (Å²) in [6.07, 6.45) is 2.20. The van der Waals surface area contributed by atoms with E-state index in [-0.39, 0.29) is 5.69 Å². The van der Waals surface area contributed by atoms with Gasteiger partial charge in [-0.1, -0.05) is 0 Å². The van der Waals surface area contributed by atoms with E-state index in [9.17, 15) is 18.9 Å². The molecule has 0 amide bonds. The topological polar surface area (TPSA) is 88.3 Å². The van der Waals surface area contributed by atoms with Crippen LogP contribution in [0.25, 0.3) is 0 Å². The van der Waals surface area contributed by atoms with Crippen LogP contribution in [-0.2, 0) is 0 Å². The molecule has 0 aliphatic carbocycles. The molecule has 0 atom stereocenters. The van der Waals surface area contributed by atoms with Gasteiger partial charge in [0, 0.05) is 6.20 Å². The molecule has 0 unspecified atom stereocenters. The second-order valence-corrected chi connectivity index (χ2v) is 3.02. The Hall–Kier alpha value is -1.83. The number of nitrogens with one attached hydrogen (secondary N) is 1. The first kappa shape index (κ1) is 12.2. The number of pyridine rings is 1. The van der Waals surface area contributed by atoms with Crippen LogP contribution in [0.15, 0.2) is 18.5 Å². The Labute approximate surface area is 89.1 Å². The SMILES string of the molecule is O=[N+]([O-])c1cnccc1NCC(F)(F)CO. The minimum atomic E-state index is -3.32. The van der Waals surface area contributed by atoms with Gasteiger partial charge in [-0.3, -0.25) is 15.1 Å². The lowest BCUT2D eigenvalue weighted by atomic mass is 10.3. The van der Waals surface area contributed by atoms with Crippen molar-refractivity contribution < 1.29 is 18.8 Å². The van der Waals surface area contributed by atoms with E-state index in [4.69, 9.17) is 5.11 Å². The maximum absolute atomic E-state index is 12.7. The van der Waals surface area contributed by atoms with E-state index in [0.29, 0.717) is 0 Å². The van der Waals surface area contributed by atoms with E-state index in [0.717, 1.165) is 6.20 Å². The highest BCUT2D eigenvalue weighted by Crippen LogP contribution is 2.23. The van der Waals surface area contributed by atoms with Crippen molar-refractivity contribution in [2.24, 2.45) is 0 Å². The first-order valence-corrected chi connectivity index (χ1v) is 4.27. The average molecular weight is 233 g/mol. The monoisotopic (exact) mass is 233 g/mol. The maximum atomic E-state index is 12.7. The van der Waals surface area contributed by atoms with E-state index >= 15 is 0 Å². The molecule has 0 radical (unpaired) electrons. The van der Waals surface area contributed by atoms with Gasteiger partial charge in [-0.25, -0.2) is 8.78 Å². The normalized spacial score (nSPS) is 11.2. The Morgan fingerprint density at radius 2 is 2.31 bits per heavy atom. The number of hydrogen-bond acceptors (Lipinski definition) is 5. The summed E-state index contributed by atoms with van der Waals surface area (Å²) in [7, 11) is 0. The van der Waals surface area contributed by atoms with Crippen LogP contribution in [0.4, 0.5) is 20.2 Å². The van der Waals surface area contributed by atoms with Crippen molar-refractivity contribution in [3.8, 4) is 0 Å². The van der Waals surface area contributed by atoms with Gasteiger partial charge in [0.05, 0.1) is 11.5 Å². The van der Waals surface area contributed by atoms with Crippen molar-refractivity contribution in [3.05, 3.63) is 28.6 Å². The summed E-state index contributed by atoms with van der Waals surface area (Å²) in [4.78, 5) is 13.3. The Morgan fingerprint density at radius 3 is 2.88 bits per heavy atom. The fraction of sp³-hybridized carbons (Fsp3) is 0.375. The fourth-order valence-corrected chi connectivity index (χ4v) is 0.962. The molecule has 0 bridgehead atoms. The number of nitrogens with zero attached hydrogens (tertiary/aromatic N) is 2. The van der Waals surface area contributed by atoms with Gasteiger partial charge in [0.25, 0.3) is 5.92 Å². The highest BCUT2D eigenvalue weighted by atomic mass is 19.3. The third-order valence-electron chi connectivity index (χ3n) is 1.77. The molecule has 0 aliphatic heterocycles. The zero-order valence-electron chi connectivity index (χ0n) is 8.06. The lowest BCUT2D eigenvalue weighted by molar-refractivity contribution is -0.384. The average Bonchev–Trinajstić information content (AvgIpc) is 2.27. The molecule has 1 rings (SSSR count). The number of aromatic nitrogens is 1. The van der Waals surface area contributed by atoms with Crippen LogP contribution < -0.4 is 5.32 Å². The van der Waals surface area contributed by atoms with Gasteiger partial charge in [-0.2, -0.15) is 0 Å². The number of alkyl halides is 2. The van der Waals surface area contributed by atoms with E-state index < -0.39 is 29.7 Å². The lowest BCUT2D eigenvalue weighted by Gasteiger charge is -2.14. The molecule has 6 nitrogen and oxygen atoms in total. The van der Waals surface area contributed by atoms with Crippen molar-refractivity contribution in [2.45, 2.75) is 5.92 Å². The molecule has 88 valence electrons. The van der Waals surface area contributed by atoms with Gasteiger partial charge >= 0.3 is 5.69 Å². The zero-order chi connectivity index (χ0) is 12.2. The molecular weight excluding hydrogens is 224 g/mol. The number of aliphatic hydroxyl groups is 1. The molecule has 1 aromatic heterocycles. The first-order valence-electron chi connectivity index (χ1n) is 4.27. The second kappa shape index (κ2) is 4.79. The maximum Gasteiger partial charge on any atom is 0.310 e. The molecule has 0 aliphatic rings. The van der Waals surface area contributed by atoms with Gasteiger partial charge < -0.3 is 10.4 Å². The van der Waals surface area contributed by atoms with Crippen molar-refractivity contribution in [1.29, 1.82) is 0 Å². The largest absolute Gasteiger partial charge is 0.390 e. The van der Waals surface area contributed by atoms with Crippen molar-refractivity contribution in [3.63, 3.8) is 0 Å². The molecule has 16 heavy (non-hydrogen) atoms. The van der Waals surface area contributed by atoms with Crippen molar-refractivity contribution >= 4 is 11.4 Å². The van der Waals surface area contributed by atoms with Crippen LogP contribution in [0.1, 0.15) is 0 Å². The van der Waals surface area contributed by atoms with E-state index in [1.807, 2.05) is 0 Å². The smallest absolute Gasteiger partial charge is 0.310 e. The van der Waals surface area contributed by atoms with Crippen LogP contribution in [0.2, 0.25) is 0 Å². The van der Waals surface area contributed by atoms with E-state index in [2.05, 4.69) is 10.3 Å². The van der Waals surface area contributed by atoms with Gasteiger partial charge in [-0.05, 0) is 6.07 Å². The number of anilines is 1. The standard InChI is InChI=1S/C8H9F2N3O3/c9-8(10,5-14)4-12-6-1-2-11-3-7(6)13(15)16/h1-3,14H,4-5H2,(H,11,12). The third-order valence-corrected chi connectivity index (χ3v) is 1.77. The van der Waals surface area contributed by atoms with E-state index in [1.54, 1.807) is 0 Å². The van der Waals surface area contributed by atoms with E-state index in [1.165, 1.54) is 12.3 Å². The highest BCUT2D eigenvalue weighted by Gasteiger charge is 2.28. The van der Waals surface area contributed by atoms with Gasteiger partial charge in [0.2, 0.25) is 0 Å². The fourth-order valence-electron chi connectivity index (χ4n) is 0.962. The van der Waals surface area contributed by atoms with Gasteiger partial charge in [0.1, 0.15) is 18.5 Å². The number of halogens is 2. The van der Waals surface area contributed by atoms with Gasteiger partial charge in [-0.15, -0.1) is 0 Å². The quantitative estimate of drug-likeness (QED) is 0.585. The predicted molar refractivity (Wildman–Crippen MR) is 51.4 cm³/mol. The summed E-state index contributed by atoms with van der Waals surface area (Å²) in [5.41, 5.74) is -0.454. The third kappa shape index (κ3) is 3.09. The lowest BCUT2D eigenvalue weighted by Crippen LogP contribution is -2.31. The Bertz CT molecular complexity index is 387. The summed E-state index contributed by atoms with van der Waals surface area (Å²) < 4.78 is 25.3. The second-order valence-electron chi connectivity index (χ2n) is 3.02. The van der Waals surface area contributed by atoms with Crippen molar-refractivity contribution in [2.75, 3.05) is 18.5 Å². The molecular formula is C8H9F2N3O3.